The van der Waals surface area contributed by atoms with Crippen LogP contribution in [0, 0.1) is 0 Å². The van der Waals surface area contributed by atoms with E-state index in [1.165, 1.54) is 10.4 Å². The lowest BCUT2D eigenvalue weighted by Gasteiger charge is -2.34. The van der Waals surface area contributed by atoms with Crippen LogP contribution in [0.1, 0.15) is 16.5 Å². The fourth-order valence-corrected chi connectivity index (χ4v) is 3.74. The molecule has 1 N–H and O–H groups in total. The lowest BCUT2D eigenvalue weighted by molar-refractivity contribution is 0.200. The summed E-state index contributed by atoms with van der Waals surface area (Å²) in [6, 6.07) is 8.61. The van der Waals surface area contributed by atoms with Gasteiger partial charge in [-0.1, -0.05) is 11.6 Å². The second kappa shape index (κ2) is 6.01. The molecule has 2 aromatic heterocycles. The van der Waals surface area contributed by atoms with Gasteiger partial charge in [-0.25, -0.2) is 0 Å². The number of pyridine rings is 1. The second-order valence-corrected chi connectivity index (χ2v) is 6.36. The molecule has 0 saturated carbocycles. The number of halogens is 1. The Hall–Kier alpha value is -0.940. The molecule has 1 saturated heterocycles. The zero-order valence-corrected chi connectivity index (χ0v) is 12.1. The van der Waals surface area contributed by atoms with Crippen molar-refractivity contribution in [3.63, 3.8) is 0 Å². The minimum atomic E-state index is 0.294. The van der Waals surface area contributed by atoms with E-state index in [1.54, 1.807) is 11.3 Å². The van der Waals surface area contributed by atoms with E-state index in [9.17, 15) is 0 Å². The lowest BCUT2D eigenvalue weighted by Crippen LogP contribution is -2.45. The maximum absolute atomic E-state index is 6.11. The summed E-state index contributed by atoms with van der Waals surface area (Å²) in [5, 5.41) is 3.40. The average Bonchev–Trinajstić information content (AvgIpc) is 2.88. The van der Waals surface area contributed by atoms with Crippen molar-refractivity contribution < 1.29 is 0 Å². The van der Waals surface area contributed by atoms with Gasteiger partial charge in [0, 0.05) is 43.4 Å². The summed E-state index contributed by atoms with van der Waals surface area (Å²) < 4.78 is 0.851. The second-order valence-electron chi connectivity index (χ2n) is 4.61. The van der Waals surface area contributed by atoms with Gasteiger partial charge in [0.2, 0.25) is 0 Å². The summed E-state index contributed by atoms with van der Waals surface area (Å²) in [6.07, 6.45) is 3.72. The number of hydrogen-bond donors (Lipinski definition) is 1. The lowest BCUT2D eigenvalue weighted by atomic mass is 10.0. The molecule has 3 nitrogen and oxygen atoms in total. The van der Waals surface area contributed by atoms with E-state index in [1.807, 2.05) is 18.5 Å². The molecule has 0 bridgehead atoms. The topological polar surface area (TPSA) is 28.2 Å². The smallest absolute Gasteiger partial charge is 0.0931 e. The van der Waals surface area contributed by atoms with E-state index < -0.39 is 0 Å². The molecule has 1 atom stereocenters. The summed E-state index contributed by atoms with van der Waals surface area (Å²) in [6.45, 7) is 4.20. The van der Waals surface area contributed by atoms with Crippen LogP contribution in [0.3, 0.4) is 0 Å². The van der Waals surface area contributed by atoms with Gasteiger partial charge in [0.05, 0.1) is 10.4 Å². The Morgan fingerprint density at radius 2 is 1.89 bits per heavy atom. The Kier molecular flexibility index (Phi) is 4.13. The molecule has 0 aromatic carbocycles. The first-order valence-electron chi connectivity index (χ1n) is 6.44. The van der Waals surface area contributed by atoms with Crippen molar-refractivity contribution in [2.45, 2.75) is 6.04 Å². The zero-order valence-electron chi connectivity index (χ0n) is 10.6. The fourth-order valence-electron chi connectivity index (χ4n) is 2.52. The monoisotopic (exact) mass is 293 g/mol. The highest BCUT2D eigenvalue weighted by Gasteiger charge is 2.24. The predicted molar refractivity (Wildman–Crippen MR) is 79.9 cm³/mol. The minimum Gasteiger partial charge on any atom is -0.314 e. The van der Waals surface area contributed by atoms with E-state index >= 15 is 0 Å². The normalized spacial score (nSPS) is 18.4. The maximum atomic E-state index is 6.11. The van der Waals surface area contributed by atoms with E-state index in [-0.39, 0.29) is 0 Å². The van der Waals surface area contributed by atoms with Crippen LogP contribution in [-0.2, 0) is 0 Å². The van der Waals surface area contributed by atoms with Crippen LogP contribution < -0.4 is 5.32 Å². The summed E-state index contributed by atoms with van der Waals surface area (Å²) in [5.41, 5.74) is 1.29. The van der Waals surface area contributed by atoms with Crippen molar-refractivity contribution in [2.75, 3.05) is 26.2 Å². The Balaban J connectivity index is 1.95. The van der Waals surface area contributed by atoms with Gasteiger partial charge in [0.25, 0.3) is 0 Å². The molecular formula is C14H16ClN3S. The van der Waals surface area contributed by atoms with Crippen molar-refractivity contribution in [3.05, 3.63) is 51.4 Å². The van der Waals surface area contributed by atoms with Gasteiger partial charge < -0.3 is 5.32 Å². The van der Waals surface area contributed by atoms with Crippen molar-refractivity contribution in [1.29, 1.82) is 0 Å². The van der Waals surface area contributed by atoms with Crippen molar-refractivity contribution >= 4 is 22.9 Å². The first-order chi connectivity index (χ1) is 9.34. The third kappa shape index (κ3) is 2.98. The summed E-state index contributed by atoms with van der Waals surface area (Å²) in [7, 11) is 0. The zero-order chi connectivity index (χ0) is 13.1. The standard InChI is InChI=1S/C14H16ClN3S/c15-13-2-1-12(19-13)14(11-3-5-16-6-4-11)18-9-7-17-8-10-18/h1-6,14,17H,7-10H2. The number of rotatable bonds is 3. The maximum Gasteiger partial charge on any atom is 0.0931 e. The fraction of sp³-hybridized carbons (Fsp3) is 0.357. The highest BCUT2D eigenvalue weighted by atomic mass is 35.5. The van der Waals surface area contributed by atoms with Gasteiger partial charge >= 0.3 is 0 Å². The number of aromatic nitrogens is 1. The van der Waals surface area contributed by atoms with E-state index in [0.717, 1.165) is 30.5 Å². The molecule has 2 aromatic rings. The third-order valence-corrected chi connectivity index (χ3v) is 4.69. The van der Waals surface area contributed by atoms with Crippen LogP contribution in [0.15, 0.2) is 36.7 Å². The van der Waals surface area contributed by atoms with Crippen molar-refractivity contribution in [2.24, 2.45) is 0 Å². The van der Waals surface area contributed by atoms with Gasteiger partial charge in [0.1, 0.15) is 0 Å². The Morgan fingerprint density at radius 3 is 2.53 bits per heavy atom. The third-order valence-electron chi connectivity index (χ3n) is 3.40. The van der Waals surface area contributed by atoms with Crippen LogP contribution in [0.2, 0.25) is 4.34 Å². The molecule has 0 radical (unpaired) electrons. The molecule has 5 heteroatoms. The molecule has 1 unspecified atom stereocenters. The molecule has 1 fully saturated rings. The summed E-state index contributed by atoms with van der Waals surface area (Å²) >= 11 is 7.77. The first kappa shape index (κ1) is 13.1. The Bertz CT molecular complexity index is 522. The highest BCUT2D eigenvalue weighted by Crippen LogP contribution is 2.35. The van der Waals surface area contributed by atoms with Gasteiger partial charge in [-0.3, -0.25) is 9.88 Å². The average molecular weight is 294 g/mol. The first-order valence-corrected chi connectivity index (χ1v) is 7.64. The Morgan fingerprint density at radius 1 is 1.16 bits per heavy atom. The molecule has 3 rings (SSSR count). The van der Waals surface area contributed by atoms with Crippen LogP contribution in [0.5, 0.6) is 0 Å². The van der Waals surface area contributed by atoms with Crippen LogP contribution >= 0.6 is 22.9 Å². The molecular weight excluding hydrogens is 278 g/mol. The van der Waals surface area contributed by atoms with Crippen LogP contribution in [0.25, 0.3) is 0 Å². The number of thiophene rings is 1. The summed E-state index contributed by atoms with van der Waals surface area (Å²) in [5.74, 6) is 0. The van der Waals surface area contributed by atoms with E-state index in [0.29, 0.717) is 6.04 Å². The van der Waals surface area contributed by atoms with Crippen LogP contribution in [-0.4, -0.2) is 36.1 Å². The van der Waals surface area contributed by atoms with Crippen LogP contribution in [0.4, 0.5) is 0 Å². The molecule has 0 amide bonds. The summed E-state index contributed by atoms with van der Waals surface area (Å²) in [4.78, 5) is 7.93. The quantitative estimate of drug-likeness (QED) is 0.943. The molecule has 0 aliphatic carbocycles. The number of hydrogen-bond acceptors (Lipinski definition) is 4. The molecule has 19 heavy (non-hydrogen) atoms. The largest absolute Gasteiger partial charge is 0.314 e. The van der Waals surface area contributed by atoms with Gasteiger partial charge in [-0.05, 0) is 29.8 Å². The SMILES string of the molecule is Clc1ccc(C(c2ccncc2)N2CCNCC2)s1. The number of nitrogens with zero attached hydrogens (tertiary/aromatic N) is 2. The molecule has 3 heterocycles. The minimum absolute atomic E-state index is 0.294. The van der Waals surface area contributed by atoms with E-state index in [4.69, 9.17) is 11.6 Å². The number of nitrogens with one attached hydrogen (secondary N) is 1. The molecule has 100 valence electrons. The molecule has 1 aliphatic rings. The van der Waals surface area contributed by atoms with Crippen molar-refractivity contribution in [1.82, 2.24) is 15.2 Å². The molecule has 1 aliphatic heterocycles. The van der Waals surface area contributed by atoms with Crippen molar-refractivity contribution in [3.8, 4) is 0 Å². The highest BCUT2D eigenvalue weighted by molar-refractivity contribution is 7.16. The van der Waals surface area contributed by atoms with Gasteiger partial charge in [-0.15, -0.1) is 11.3 Å². The Labute approximate surface area is 122 Å². The van der Waals surface area contributed by atoms with Gasteiger partial charge in [0.15, 0.2) is 0 Å². The predicted octanol–water partition coefficient (Wildman–Crippen LogP) is 2.79. The molecule has 0 spiro atoms. The van der Waals surface area contributed by atoms with Gasteiger partial charge in [-0.2, -0.15) is 0 Å². The van der Waals surface area contributed by atoms with E-state index in [2.05, 4.69) is 33.4 Å². The number of piperazine rings is 1.